The molecule has 0 saturated heterocycles. The number of amides is 1. The number of aryl methyl sites for hydroxylation is 1. The highest BCUT2D eigenvalue weighted by Gasteiger charge is 2.10. The molecule has 0 bridgehead atoms. The molecule has 3 rings (SSSR count). The Morgan fingerprint density at radius 3 is 2.38 bits per heavy atom. The molecule has 0 fully saturated rings. The van der Waals surface area contributed by atoms with Crippen LogP contribution in [0.4, 0.5) is 5.13 Å². The Morgan fingerprint density at radius 2 is 1.73 bits per heavy atom. The monoisotopic (exact) mass is 369 g/mol. The molecule has 1 amide bonds. The summed E-state index contributed by atoms with van der Waals surface area (Å²) in [5, 5.41) is 12.0. The molecule has 134 valence electrons. The summed E-state index contributed by atoms with van der Waals surface area (Å²) in [4.78, 5) is 12.0. The van der Waals surface area contributed by atoms with Crippen molar-refractivity contribution in [1.29, 1.82) is 0 Å². The van der Waals surface area contributed by atoms with Gasteiger partial charge in [0.15, 0.2) is 6.61 Å². The maximum atomic E-state index is 12.0. The SMILES string of the molecule is CCc1ccc(OCC(=O)Nc2nnc(-c3ccc(OC)cc3)s2)cc1. The topological polar surface area (TPSA) is 73.3 Å². The zero-order valence-electron chi connectivity index (χ0n) is 14.6. The Labute approximate surface area is 155 Å². The van der Waals surface area contributed by atoms with Crippen LogP contribution in [0.15, 0.2) is 48.5 Å². The predicted molar refractivity (Wildman–Crippen MR) is 102 cm³/mol. The van der Waals surface area contributed by atoms with Crippen molar-refractivity contribution >= 4 is 22.4 Å². The third-order valence-electron chi connectivity index (χ3n) is 3.71. The van der Waals surface area contributed by atoms with Crippen LogP contribution in [0.2, 0.25) is 0 Å². The van der Waals surface area contributed by atoms with Crippen molar-refractivity contribution in [3.05, 3.63) is 54.1 Å². The van der Waals surface area contributed by atoms with Gasteiger partial charge >= 0.3 is 0 Å². The first-order valence-electron chi connectivity index (χ1n) is 8.17. The van der Waals surface area contributed by atoms with E-state index in [2.05, 4.69) is 22.4 Å². The number of nitrogens with zero attached hydrogens (tertiary/aromatic N) is 2. The van der Waals surface area contributed by atoms with Crippen LogP contribution in [0.3, 0.4) is 0 Å². The summed E-state index contributed by atoms with van der Waals surface area (Å²) >= 11 is 1.30. The van der Waals surface area contributed by atoms with Gasteiger partial charge in [-0.2, -0.15) is 0 Å². The summed E-state index contributed by atoms with van der Waals surface area (Å²) in [6, 6.07) is 15.2. The Hall–Kier alpha value is -2.93. The number of aromatic nitrogens is 2. The predicted octanol–water partition coefficient (Wildman–Crippen LogP) is 3.79. The molecule has 0 radical (unpaired) electrons. The molecule has 1 aromatic heterocycles. The van der Waals surface area contributed by atoms with Gasteiger partial charge in [0.05, 0.1) is 7.11 Å². The number of carbonyl (C=O) groups excluding carboxylic acids is 1. The van der Waals surface area contributed by atoms with Crippen molar-refractivity contribution < 1.29 is 14.3 Å². The summed E-state index contributed by atoms with van der Waals surface area (Å²) in [6.45, 7) is 2.01. The Bertz CT molecular complexity index is 860. The minimum absolute atomic E-state index is 0.0804. The quantitative estimate of drug-likeness (QED) is 0.686. The van der Waals surface area contributed by atoms with Crippen LogP contribution in [0.25, 0.3) is 10.6 Å². The number of ether oxygens (including phenoxy) is 2. The second kappa shape index (κ2) is 8.44. The molecule has 0 atom stereocenters. The highest BCUT2D eigenvalue weighted by atomic mass is 32.1. The van der Waals surface area contributed by atoms with E-state index < -0.39 is 0 Å². The molecule has 0 aliphatic carbocycles. The van der Waals surface area contributed by atoms with E-state index in [1.54, 1.807) is 7.11 Å². The second-order valence-corrected chi connectivity index (χ2v) is 6.45. The number of hydrogen-bond donors (Lipinski definition) is 1. The fourth-order valence-electron chi connectivity index (χ4n) is 2.25. The summed E-state index contributed by atoms with van der Waals surface area (Å²) in [6.07, 6.45) is 0.967. The van der Waals surface area contributed by atoms with Crippen LogP contribution in [-0.2, 0) is 11.2 Å². The third-order valence-corrected chi connectivity index (χ3v) is 4.60. The van der Waals surface area contributed by atoms with E-state index in [9.17, 15) is 4.79 Å². The molecule has 1 N–H and O–H groups in total. The summed E-state index contributed by atoms with van der Waals surface area (Å²) in [5.74, 6) is 1.16. The van der Waals surface area contributed by atoms with Crippen molar-refractivity contribution in [2.45, 2.75) is 13.3 Å². The number of nitrogens with one attached hydrogen (secondary N) is 1. The third kappa shape index (κ3) is 4.58. The van der Waals surface area contributed by atoms with Gasteiger partial charge in [-0.1, -0.05) is 30.4 Å². The standard InChI is InChI=1S/C19H19N3O3S/c1-3-13-4-8-16(9-5-13)25-12-17(23)20-19-22-21-18(26-19)14-6-10-15(24-2)11-7-14/h4-11H,3,12H2,1-2H3,(H,20,22,23). The van der Waals surface area contributed by atoms with Gasteiger partial charge in [-0.25, -0.2) is 0 Å². The maximum Gasteiger partial charge on any atom is 0.264 e. The van der Waals surface area contributed by atoms with E-state index in [1.165, 1.54) is 16.9 Å². The number of carbonyl (C=O) groups is 1. The molecular formula is C19H19N3O3S. The molecule has 3 aromatic rings. The molecule has 0 aliphatic heterocycles. The Balaban J connectivity index is 1.55. The van der Waals surface area contributed by atoms with Gasteiger partial charge in [0.25, 0.3) is 5.91 Å². The van der Waals surface area contributed by atoms with Crippen molar-refractivity contribution in [3.63, 3.8) is 0 Å². The fraction of sp³-hybridized carbons (Fsp3) is 0.211. The molecular weight excluding hydrogens is 350 g/mol. The number of hydrogen-bond acceptors (Lipinski definition) is 6. The molecule has 0 saturated carbocycles. The summed E-state index contributed by atoms with van der Waals surface area (Å²) in [5.41, 5.74) is 2.14. The Kier molecular flexibility index (Phi) is 5.80. The molecule has 1 heterocycles. The molecule has 6 nitrogen and oxygen atoms in total. The minimum Gasteiger partial charge on any atom is -0.497 e. The van der Waals surface area contributed by atoms with E-state index >= 15 is 0 Å². The number of anilines is 1. The smallest absolute Gasteiger partial charge is 0.264 e. The van der Waals surface area contributed by atoms with Crippen LogP contribution in [-0.4, -0.2) is 29.8 Å². The van der Waals surface area contributed by atoms with Crippen LogP contribution < -0.4 is 14.8 Å². The fourth-order valence-corrected chi connectivity index (χ4v) is 3.01. The number of methoxy groups -OCH3 is 1. The lowest BCUT2D eigenvalue weighted by molar-refractivity contribution is -0.118. The van der Waals surface area contributed by atoms with E-state index in [0.29, 0.717) is 10.9 Å². The lowest BCUT2D eigenvalue weighted by atomic mass is 10.2. The van der Waals surface area contributed by atoms with Gasteiger partial charge in [0, 0.05) is 5.56 Å². The van der Waals surface area contributed by atoms with Gasteiger partial charge < -0.3 is 9.47 Å². The summed E-state index contributed by atoms with van der Waals surface area (Å²) < 4.78 is 10.6. The highest BCUT2D eigenvalue weighted by Crippen LogP contribution is 2.27. The van der Waals surface area contributed by atoms with Gasteiger partial charge in [-0.3, -0.25) is 10.1 Å². The first-order valence-corrected chi connectivity index (χ1v) is 8.99. The van der Waals surface area contributed by atoms with Crippen LogP contribution in [0.1, 0.15) is 12.5 Å². The maximum absolute atomic E-state index is 12.0. The largest absolute Gasteiger partial charge is 0.497 e. The van der Waals surface area contributed by atoms with Crippen molar-refractivity contribution in [1.82, 2.24) is 10.2 Å². The average Bonchev–Trinajstić information content (AvgIpc) is 3.15. The van der Waals surface area contributed by atoms with E-state index in [-0.39, 0.29) is 12.5 Å². The van der Waals surface area contributed by atoms with Gasteiger partial charge in [-0.05, 0) is 48.4 Å². The first-order chi connectivity index (χ1) is 12.7. The first kappa shape index (κ1) is 17.9. The molecule has 0 aliphatic rings. The Morgan fingerprint density at radius 1 is 1.04 bits per heavy atom. The molecule has 0 unspecified atom stereocenters. The van der Waals surface area contributed by atoms with Gasteiger partial charge in [-0.15, -0.1) is 10.2 Å². The normalized spacial score (nSPS) is 10.4. The minimum atomic E-state index is -0.276. The molecule has 26 heavy (non-hydrogen) atoms. The van der Waals surface area contributed by atoms with E-state index in [0.717, 1.165) is 22.7 Å². The average molecular weight is 369 g/mol. The van der Waals surface area contributed by atoms with Gasteiger partial charge in [0.2, 0.25) is 5.13 Å². The lowest BCUT2D eigenvalue weighted by Gasteiger charge is -2.06. The molecule has 0 spiro atoms. The van der Waals surface area contributed by atoms with E-state index in [4.69, 9.17) is 9.47 Å². The molecule has 2 aromatic carbocycles. The van der Waals surface area contributed by atoms with Gasteiger partial charge in [0.1, 0.15) is 16.5 Å². The van der Waals surface area contributed by atoms with Crippen LogP contribution in [0, 0.1) is 0 Å². The number of rotatable bonds is 7. The lowest BCUT2D eigenvalue weighted by Crippen LogP contribution is -2.20. The highest BCUT2D eigenvalue weighted by molar-refractivity contribution is 7.18. The zero-order chi connectivity index (χ0) is 18.4. The number of benzene rings is 2. The van der Waals surface area contributed by atoms with Crippen molar-refractivity contribution in [3.8, 4) is 22.1 Å². The van der Waals surface area contributed by atoms with Crippen molar-refractivity contribution in [2.75, 3.05) is 19.0 Å². The molecule has 7 heteroatoms. The van der Waals surface area contributed by atoms with Crippen molar-refractivity contribution in [2.24, 2.45) is 0 Å². The van der Waals surface area contributed by atoms with Crippen LogP contribution >= 0.6 is 11.3 Å². The zero-order valence-corrected chi connectivity index (χ0v) is 15.4. The van der Waals surface area contributed by atoms with E-state index in [1.807, 2.05) is 48.5 Å². The summed E-state index contributed by atoms with van der Waals surface area (Å²) in [7, 11) is 1.62. The van der Waals surface area contributed by atoms with Crippen LogP contribution in [0.5, 0.6) is 11.5 Å². The second-order valence-electron chi connectivity index (χ2n) is 5.48.